The summed E-state index contributed by atoms with van der Waals surface area (Å²) in [4.78, 5) is 0. The molecule has 0 aliphatic carbocycles. The molecule has 0 spiro atoms. The molecule has 0 saturated heterocycles. The van der Waals surface area contributed by atoms with Crippen LogP contribution in [0.15, 0.2) is 24.4 Å². The molecule has 3 nitrogen and oxygen atoms in total. The third-order valence-electron chi connectivity index (χ3n) is 1.29. The molecule has 10 heavy (non-hydrogen) atoms. The first kappa shape index (κ1) is 6.74. The van der Waals surface area contributed by atoms with E-state index in [-0.39, 0.29) is 0 Å². The molecule has 3 heteroatoms. The van der Waals surface area contributed by atoms with E-state index in [1.807, 2.05) is 6.07 Å². The quantitative estimate of drug-likeness (QED) is 0.306. The number of nitrogens with one attached hydrogen (secondary N) is 1. The van der Waals surface area contributed by atoms with Crippen LogP contribution in [0.3, 0.4) is 0 Å². The van der Waals surface area contributed by atoms with Crippen LogP contribution < -0.4 is 9.67 Å². The van der Waals surface area contributed by atoms with Crippen molar-refractivity contribution in [1.82, 2.24) is 0 Å². The maximum atomic E-state index is 10.5. The third-order valence-corrected chi connectivity index (χ3v) is 1.29. The summed E-state index contributed by atoms with van der Waals surface area (Å²) in [7, 11) is 1.74. The van der Waals surface area contributed by atoms with Gasteiger partial charge in [-0.1, -0.05) is 0 Å². The normalized spacial score (nSPS) is 9.30. The molecule has 0 fully saturated rings. The summed E-state index contributed by atoms with van der Waals surface area (Å²) in [6.45, 7) is 0. The van der Waals surface area contributed by atoms with Gasteiger partial charge in [0.2, 0.25) is 5.69 Å². The average molecular weight is 136 g/mol. The van der Waals surface area contributed by atoms with E-state index in [0.29, 0.717) is 5.69 Å². The van der Waals surface area contributed by atoms with Crippen molar-refractivity contribution in [3.63, 3.8) is 0 Å². The van der Waals surface area contributed by atoms with Gasteiger partial charge in [-0.05, 0) is 6.07 Å². The highest BCUT2D eigenvalue weighted by atomic mass is 16.3. The van der Waals surface area contributed by atoms with Crippen molar-refractivity contribution in [3.8, 4) is 0 Å². The molecule has 1 heterocycles. The zero-order valence-electron chi connectivity index (χ0n) is 5.66. The standard InChI is InChI=1S/C7H8N2O/c1-9-5-3-2-4-6(9)7(8)10/h2-5H,1H3,(H-,8,10). The van der Waals surface area contributed by atoms with Gasteiger partial charge in [-0.25, -0.2) is 4.57 Å². The molecule has 0 saturated carbocycles. The Morgan fingerprint density at radius 3 is 2.70 bits per heavy atom. The van der Waals surface area contributed by atoms with Crippen LogP contribution in [0, 0.1) is 5.41 Å². The Balaban J connectivity index is 3.15. The topological polar surface area (TPSA) is 50.8 Å². The Morgan fingerprint density at radius 2 is 2.30 bits per heavy atom. The van der Waals surface area contributed by atoms with Crippen molar-refractivity contribution in [3.05, 3.63) is 30.1 Å². The van der Waals surface area contributed by atoms with E-state index >= 15 is 0 Å². The van der Waals surface area contributed by atoms with Crippen molar-refractivity contribution in [2.75, 3.05) is 0 Å². The van der Waals surface area contributed by atoms with Gasteiger partial charge in [0.25, 0.3) is 0 Å². The number of nitrogens with zero attached hydrogens (tertiary/aromatic N) is 1. The molecular weight excluding hydrogens is 128 g/mol. The largest absolute Gasteiger partial charge is 0.855 e. The van der Waals surface area contributed by atoms with E-state index in [1.54, 1.807) is 29.9 Å². The molecule has 1 aromatic heterocycles. The van der Waals surface area contributed by atoms with Gasteiger partial charge in [0.05, 0.1) is 5.90 Å². The summed E-state index contributed by atoms with van der Waals surface area (Å²) >= 11 is 0. The first-order valence-electron chi connectivity index (χ1n) is 2.92. The Bertz CT molecular complexity index is 258. The molecular formula is C7H8N2O. The number of aryl methyl sites for hydroxylation is 1. The van der Waals surface area contributed by atoms with E-state index in [1.165, 1.54) is 0 Å². The van der Waals surface area contributed by atoms with Gasteiger partial charge >= 0.3 is 0 Å². The molecule has 1 N–H and O–H groups in total. The summed E-state index contributed by atoms with van der Waals surface area (Å²) in [5.41, 5.74) is 0.405. The number of hydrogen-bond acceptors (Lipinski definition) is 2. The van der Waals surface area contributed by atoms with Crippen LogP contribution in [0.25, 0.3) is 0 Å². The fourth-order valence-electron chi connectivity index (χ4n) is 0.759. The SMILES string of the molecule is C[n+]1ccccc1C(=N)[O-]. The number of rotatable bonds is 1. The lowest BCUT2D eigenvalue weighted by atomic mass is 10.3. The van der Waals surface area contributed by atoms with E-state index in [2.05, 4.69) is 0 Å². The second-order valence-electron chi connectivity index (χ2n) is 2.03. The van der Waals surface area contributed by atoms with E-state index in [0.717, 1.165) is 0 Å². The number of hydrogen-bond donors (Lipinski definition) is 1. The summed E-state index contributed by atoms with van der Waals surface area (Å²) in [5, 5.41) is 17.3. The van der Waals surface area contributed by atoms with E-state index < -0.39 is 5.90 Å². The Morgan fingerprint density at radius 1 is 1.60 bits per heavy atom. The van der Waals surface area contributed by atoms with Crippen LogP contribution in [0.5, 0.6) is 0 Å². The Labute approximate surface area is 59.1 Å². The van der Waals surface area contributed by atoms with Gasteiger partial charge in [-0.2, -0.15) is 0 Å². The van der Waals surface area contributed by atoms with Crippen LogP contribution in [0.4, 0.5) is 0 Å². The molecule has 1 rings (SSSR count). The number of aromatic nitrogens is 1. The minimum Gasteiger partial charge on any atom is -0.855 e. The molecule has 52 valence electrons. The molecule has 0 atom stereocenters. The fourth-order valence-corrected chi connectivity index (χ4v) is 0.759. The molecule has 0 radical (unpaired) electrons. The van der Waals surface area contributed by atoms with E-state index in [4.69, 9.17) is 5.41 Å². The van der Waals surface area contributed by atoms with Crippen molar-refractivity contribution >= 4 is 5.90 Å². The molecule has 0 bridgehead atoms. The lowest BCUT2D eigenvalue weighted by Crippen LogP contribution is -2.39. The first-order valence-corrected chi connectivity index (χ1v) is 2.92. The van der Waals surface area contributed by atoms with Crippen LogP contribution in [-0.2, 0) is 7.05 Å². The van der Waals surface area contributed by atoms with Gasteiger partial charge in [-0.15, -0.1) is 0 Å². The van der Waals surface area contributed by atoms with Crippen molar-refractivity contribution in [2.45, 2.75) is 0 Å². The van der Waals surface area contributed by atoms with Gasteiger partial charge in [0.1, 0.15) is 7.05 Å². The lowest BCUT2D eigenvalue weighted by molar-refractivity contribution is -0.675. The first-order chi connectivity index (χ1) is 4.72. The maximum Gasteiger partial charge on any atom is 0.215 e. The summed E-state index contributed by atoms with van der Waals surface area (Å²) in [6, 6.07) is 5.17. The summed E-state index contributed by atoms with van der Waals surface area (Å²) in [6.07, 6.45) is 1.74. The average Bonchev–Trinajstić information content (AvgIpc) is 1.88. The lowest BCUT2D eigenvalue weighted by Gasteiger charge is -2.02. The molecule has 0 aliphatic rings. The Hall–Kier alpha value is -1.38. The second-order valence-corrected chi connectivity index (χ2v) is 2.03. The highest BCUT2D eigenvalue weighted by Crippen LogP contribution is 1.86. The predicted octanol–water partition coefficient (Wildman–Crippen LogP) is -0.803. The minimum atomic E-state index is -0.650. The van der Waals surface area contributed by atoms with Crippen LogP contribution in [0.1, 0.15) is 5.69 Å². The van der Waals surface area contributed by atoms with Gasteiger partial charge in [0, 0.05) is 12.1 Å². The third kappa shape index (κ3) is 1.13. The smallest absolute Gasteiger partial charge is 0.215 e. The molecule has 0 aliphatic heterocycles. The van der Waals surface area contributed by atoms with Crippen molar-refractivity contribution in [1.29, 1.82) is 5.41 Å². The summed E-state index contributed by atoms with van der Waals surface area (Å²) < 4.78 is 1.62. The van der Waals surface area contributed by atoms with E-state index in [9.17, 15) is 5.11 Å². The molecule has 0 unspecified atom stereocenters. The fraction of sp³-hybridized carbons (Fsp3) is 0.143. The molecule has 0 amide bonds. The minimum absolute atomic E-state index is 0.405. The molecule has 0 aromatic carbocycles. The zero-order valence-corrected chi connectivity index (χ0v) is 5.66. The summed E-state index contributed by atoms with van der Waals surface area (Å²) in [5.74, 6) is -0.650. The van der Waals surface area contributed by atoms with Gasteiger partial charge in [-0.3, -0.25) is 0 Å². The van der Waals surface area contributed by atoms with Crippen molar-refractivity contribution < 1.29 is 9.67 Å². The number of pyridine rings is 1. The zero-order chi connectivity index (χ0) is 7.56. The monoisotopic (exact) mass is 136 g/mol. The van der Waals surface area contributed by atoms with Crippen LogP contribution >= 0.6 is 0 Å². The Kier molecular flexibility index (Phi) is 1.67. The van der Waals surface area contributed by atoms with Crippen LogP contribution in [0.2, 0.25) is 0 Å². The highest BCUT2D eigenvalue weighted by Gasteiger charge is 2.00. The molecule has 1 aromatic rings. The van der Waals surface area contributed by atoms with Gasteiger partial charge < -0.3 is 10.5 Å². The maximum absolute atomic E-state index is 10.5. The van der Waals surface area contributed by atoms with Crippen LogP contribution in [-0.4, -0.2) is 5.90 Å². The predicted molar refractivity (Wildman–Crippen MR) is 34.4 cm³/mol. The van der Waals surface area contributed by atoms with Crippen molar-refractivity contribution in [2.24, 2.45) is 7.05 Å². The second kappa shape index (κ2) is 2.47. The highest BCUT2D eigenvalue weighted by molar-refractivity contribution is 5.83. The van der Waals surface area contributed by atoms with Gasteiger partial charge in [0.15, 0.2) is 6.20 Å².